The number of aliphatic hydroxyl groups excluding tert-OH is 1. The second-order valence-corrected chi connectivity index (χ2v) is 13.0. The van der Waals surface area contributed by atoms with Gasteiger partial charge in [0.25, 0.3) is 0 Å². The molecule has 0 bridgehead atoms. The Bertz CT molecular complexity index is 930. The van der Waals surface area contributed by atoms with Crippen molar-refractivity contribution >= 4 is 11.9 Å². The van der Waals surface area contributed by atoms with Crippen LogP contribution in [-0.4, -0.2) is 59.0 Å². The van der Waals surface area contributed by atoms with Crippen LogP contribution in [0.15, 0.2) is 11.6 Å². The molecule has 5 fully saturated rings. The van der Waals surface area contributed by atoms with Gasteiger partial charge >= 0.3 is 5.97 Å². The van der Waals surface area contributed by atoms with E-state index in [1.807, 2.05) is 0 Å². The second-order valence-electron chi connectivity index (χ2n) is 13.0. The van der Waals surface area contributed by atoms with Crippen molar-refractivity contribution in [1.29, 1.82) is 0 Å². The van der Waals surface area contributed by atoms with E-state index in [9.17, 15) is 19.8 Å². The van der Waals surface area contributed by atoms with Crippen molar-refractivity contribution in [3.63, 3.8) is 0 Å². The predicted octanol–water partition coefficient (Wildman–Crippen LogP) is 2.45. The fraction of sp³-hybridized carbons (Fsp3) is 0.857. The first-order valence-electron chi connectivity index (χ1n) is 14.0. The summed E-state index contributed by atoms with van der Waals surface area (Å²) in [5.74, 6) is 0.772. The Morgan fingerprint density at radius 1 is 1.11 bits per heavy atom. The Balaban J connectivity index is 1.21. The van der Waals surface area contributed by atoms with E-state index < -0.39 is 17.1 Å². The van der Waals surface area contributed by atoms with Gasteiger partial charge in [-0.05, 0) is 105 Å². The van der Waals surface area contributed by atoms with Crippen LogP contribution < -0.4 is 10.6 Å². The molecule has 2 heterocycles. The van der Waals surface area contributed by atoms with E-state index >= 15 is 0 Å². The van der Waals surface area contributed by atoms with Gasteiger partial charge < -0.3 is 25.6 Å². The topological polar surface area (TPSA) is 108 Å². The summed E-state index contributed by atoms with van der Waals surface area (Å²) in [6.07, 6.45) is 10.2. The minimum Gasteiger partial charge on any atom is -0.458 e. The van der Waals surface area contributed by atoms with E-state index in [1.165, 1.54) is 0 Å². The number of carbonyl (C=O) groups is 2. The summed E-state index contributed by atoms with van der Waals surface area (Å²) in [7, 11) is 0. The monoisotopic (exact) mass is 486 g/mol. The highest BCUT2D eigenvalue weighted by atomic mass is 16.5. The van der Waals surface area contributed by atoms with E-state index in [0.29, 0.717) is 25.4 Å². The molecular formula is C28H42N2O5. The van der Waals surface area contributed by atoms with Gasteiger partial charge in [0.2, 0.25) is 5.91 Å². The summed E-state index contributed by atoms with van der Waals surface area (Å²) < 4.78 is 5.21. The Morgan fingerprint density at radius 2 is 1.94 bits per heavy atom. The van der Waals surface area contributed by atoms with Crippen LogP contribution in [0.1, 0.15) is 78.1 Å². The van der Waals surface area contributed by atoms with Crippen molar-refractivity contribution in [3.05, 3.63) is 11.6 Å². The maximum atomic E-state index is 12.7. The highest BCUT2D eigenvalue weighted by Crippen LogP contribution is 2.69. The van der Waals surface area contributed by atoms with Gasteiger partial charge in [-0.15, -0.1) is 0 Å². The molecule has 6 rings (SSSR count). The van der Waals surface area contributed by atoms with E-state index in [2.05, 4.69) is 24.5 Å². The summed E-state index contributed by atoms with van der Waals surface area (Å²) in [6.45, 7) is 5.67. The molecule has 7 nitrogen and oxygen atoms in total. The summed E-state index contributed by atoms with van der Waals surface area (Å²) in [5.41, 5.74) is -0.577. The summed E-state index contributed by atoms with van der Waals surface area (Å²) in [5, 5.41) is 30.7. The van der Waals surface area contributed by atoms with E-state index in [1.54, 1.807) is 6.08 Å². The lowest BCUT2D eigenvalue weighted by molar-refractivity contribution is -0.243. The van der Waals surface area contributed by atoms with E-state index in [0.717, 1.165) is 63.5 Å². The molecule has 4 saturated carbocycles. The Hall–Kier alpha value is -1.44. The fourth-order valence-electron chi connectivity index (χ4n) is 9.73. The van der Waals surface area contributed by atoms with Crippen LogP contribution in [0.2, 0.25) is 0 Å². The molecule has 1 amide bonds. The van der Waals surface area contributed by atoms with Gasteiger partial charge in [-0.25, -0.2) is 4.79 Å². The highest BCUT2D eigenvalue weighted by Gasteiger charge is 2.70. The van der Waals surface area contributed by atoms with Gasteiger partial charge in [-0.1, -0.05) is 13.8 Å². The van der Waals surface area contributed by atoms with E-state index in [-0.39, 0.29) is 47.1 Å². The van der Waals surface area contributed by atoms with Crippen molar-refractivity contribution < 1.29 is 24.5 Å². The first kappa shape index (κ1) is 23.9. The minimum atomic E-state index is -0.931. The molecule has 0 radical (unpaired) electrons. The molecule has 0 spiro atoms. The van der Waals surface area contributed by atoms with Crippen molar-refractivity contribution in [3.8, 4) is 0 Å². The number of esters is 1. The molecule has 0 aromatic carbocycles. The fourth-order valence-corrected chi connectivity index (χ4v) is 9.73. The Kier molecular flexibility index (Phi) is 5.67. The molecule has 0 aromatic rings. The zero-order chi connectivity index (χ0) is 24.6. The van der Waals surface area contributed by atoms with Crippen LogP contribution in [0.3, 0.4) is 0 Å². The number of fused-ring (bicyclic) bond motifs is 5. The Labute approximate surface area is 208 Å². The molecule has 2 aliphatic heterocycles. The third-order valence-electron chi connectivity index (χ3n) is 11.8. The second kappa shape index (κ2) is 8.29. The molecule has 4 N–H and O–H groups in total. The standard InChI is InChI=1S/C28H42N2O5/c1-26-9-7-18(30-25(33)22-4-3-11-29-22)13-17(26)5-6-20-21(26)14-23(31)27(2)19(8-10-28(20,27)34)16-12-24(32)35-15-16/h12,17-23,29,31,34H,3-11,13-15H2,1-2H3,(H,30,33)/t17-,18+,19-,20-,21+,22?,23-,26+,27+,28+/m1/s1. The quantitative estimate of drug-likeness (QED) is 0.457. The van der Waals surface area contributed by atoms with Crippen LogP contribution in [0.5, 0.6) is 0 Å². The van der Waals surface area contributed by atoms with Crippen molar-refractivity contribution in [2.75, 3.05) is 13.2 Å². The van der Waals surface area contributed by atoms with E-state index in [4.69, 9.17) is 4.74 Å². The van der Waals surface area contributed by atoms with Crippen LogP contribution in [0.4, 0.5) is 0 Å². The number of ether oxygens (including phenoxy) is 1. The molecule has 194 valence electrons. The van der Waals surface area contributed by atoms with Gasteiger partial charge in [0.15, 0.2) is 0 Å². The largest absolute Gasteiger partial charge is 0.458 e. The average Bonchev–Trinajstić information content (AvgIpc) is 3.56. The number of amides is 1. The van der Waals surface area contributed by atoms with Gasteiger partial charge in [0, 0.05) is 17.5 Å². The van der Waals surface area contributed by atoms with Crippen LogP contribution in [-0.2, 0) is 14.3 Å². The zero-order valence-corrected chi connectivity index (χ0v) is 21.2. The lowest BCUT2D eigenvalue weighted by Crippen LogP contribution is -2.67. The maximum absolute atomic E-state index is 12.7. The number of hydrogen-bond acceptors (Lipinski definition) is 6. The van der Waals surface area contributed by atoms with Crippen LogP contribution in [0, 0.1) is 34.5 Å². The van der Waals surface area contributed by atoms with Crippen molar-refractivity contribution in [2.45, 2.75) is 102 Å². The molecule has 7 heteroatoms. The summed E-state index contributed by atoms with van der Waals surface area (Å²) in [6, 6.07) is 0.189. The molecule has 0 aromatic heterocycles. The first-order chi connectivity index (χ1) is 16.7. The van der Waals surface area contributed by atoms with Gasteiger partial charge in [0.05, 0.1) is 17.7 Å². The molecule has 1 unspecified atom stereocenters. The molecule has 4 aliphatic carbocycles. The van der Waals surface area contributed by atoms with Crippen LogP contribution in [0.25, 0.3) is 0 Å². The predicted molar refractivity (Wildman–Crippen MR) is 130 cm³/mol. The molecule has 1 saturated heterocycles. The summed E-state index contributed by atoms with van der Waals surface area (Å²) in [4.78, 5) is 24.5. The van der Waals surface area contributed by atoms with Gasteiger partial charge in [0.1, 0.15) is 6.61 Å². The molecule has 35 heavy (non-hydrogen) atoms. The number of nitrogens with one attached hydrogen (secondary N) is 2. The maximum Gasteiger partial charge on any atom is 0.331 e. The SMILES string of the molecule is C[C@]12CC[C@H](NC(=O)C3CCCN3)C[C@H]1CC[C@@H]1[C@@H]2C[C@@H](O)[C@]2(C)[C@@H](C3=CC(=O)OC3)CC[C@]12O. The Morgan fingerprint density at radius 3 is 2.66 bits per heavy atom. The number of cyclic esters (lactones) is 1. The smallest absolute Gasteiger partial charge is 0.331 e. The van der Waals surface area contributed by atoms with Gasteiger partial charge in [-0.3, -0.25) is 4.79 Å². The number of aliphatic hydroxyl groups is 2. The van der Waals surface area contributed by atoms with Crippen molar-refractivity contribution in [1.82, 2.24) is 10.6 Å². The molecule has 10 atom stereocenters. The van der Waals surface area contributed by atoms with Gasteiger partial charge in [-0.2, -0.15) is 0 Å². The summed E-state index contributed by atoms with van der Waals surface area (Å²) >= 11 is 0. The molecule has 6 aliphatic rings. The normalized spacial score (nSPS) is 51.1. The lowest BCUT2D eigenvalue weighted by Gasteiger charge is -2.65. The number of rotatable bonds is 3. The highest BCUT2D eigenvalue weighted by molar-refractivity contribution is 5.85. The third-order valence-corrected chi connectivity index (χ3v) is 11.8. The van der Waals surface area contributed by atoms with Crippen molar-refractivity contribution in [2.24, 2.45) is 34.5 Å². The van der Waals surface area contributed by atoms with Crippen LogP contribution >= 0.6 is 0 Å². The number of carbonyl (C=O) groups excluding carboxylic acids is 2. The minimum absolute atomic E-state index is 0.0180. The first-order valence-corrected chi connectivity index (χ1v) is 14.0. The third kappa shape index (κ3) is 3.40. The molecular weight excluding hydrogens is 444 g/mol. The average molecular weight is 487 g/mol. The lowest BCUT2D eigenvalue weighted by atomic mass is 9.42. The zero-order valence-electron chi connectivity index (χ0n) is 21.2. The number of hydrogen-bond donors (Lipinski definition) is 4.